The minimum atomic E-state index is -0.778. The summed E-state index contributed by atoms with van der Waals surface area (Å²) in [4.78, 5) is 4.14. The van der Waals surface area contributed by atoms with E-state index in [1.165, 1.54) is 0 Å². The molecule has 0 saturated carbocycles. The number of nitrogens with zero attached hydrogens (tertiary/aromatic N) is 2. The van der Waals surface area contributed by atoms with Crippen LogP contribution in [-0.2, 0) is 0 Å². The molecule has 6 heteroatoms. The summed E-state index contributed by atoms with van der Waals surface area (Å²) in [6.07, 6.45) is -0.778. The highest BCUT2D eigenvalue weighted by Crippen LogP contribution is 2.20. The lowest BCUT2D eigenvalue weighted by molar-refractivity contribution is 0.105. The largest absolute Gasteiger partial charge is 0.394 e. The van der Waals surface area contributed by atoms with Gasteiger partial charge in [0.2, 0.25) is 0 Å². The first-order valence-corrected chi connectivity index (χ1v) is 5.62. The second-order valence-corrected chi connectivity index (χ2v) is 3.94. The first kappa shape index (κ1) is 12.5. The van der Waals surface area contributed by atoms with Gasteiger partial charge in [-0.1, -0.05) is 11.2 Å². The summed E-state index contributed by atoms with van der Waals surface area (Å²) < 4.78 is 5.07. The van der Waals surface area contributed by atoms with Gasteiger partial charge in [-0.15, -0.1) is 0 Å². The summed E-state index contributed by atoms with van der Waals surface area (Å²) in [7, 11) is 0. The Labute approximate surface area is 104 Å². The van der Waals surface area contributed by atoms with Crippen LogP contribution in [0.4, 0.5) is 5.69 Å². The lowest BCUT2D eigenvalue weighted by atomic mass is 10.2. The van der Waals surface area contributed by atoms with Crippen LogP contribution in [0.5, 0.6) is 0 Å². The van der Waals surface area contributed by atoms with E-state index in [-0.39, 0.29) is 13.2 Å². The van der Waals surface area contributed by atoms with Crippen LogP contribution in [-0.4, -0.2) is 39.6 Å². The van der Waals surface area contributed by atoms with Gasteiger partial charge in [-0.05, 0) is 25.1 Å². The van der Waals surface area contributed by atoms with E-state index in [2.05, 4.69) is 15.5 Å². The maximum absolute atomic E-state index is 9.26. The van der Waals surface area contributed by atoms with Gasteiger partial charge in [0, 0.05) is 17.8 Å². The van der Waals surface area contributed by atoms with Crippen LogP contribution in [0.15, 0.2) is 28.8 Å². The van der Waals surface area contributed by atoms with E-state index >= 15 is 0 Å². The number of aromatic nitrogens is 2. The number of aliphatic hydroxyl groups is 2. The van der Waals surface area contributed by atoms with Gasteiger partial charge in [-0.2, -0.15) is 4.98 Å². The lowest BCUT2D eigenvalue weighted by Crippen LogP contribution is -2.22. The number of hydrogen-bond acceptors (Lipinski definition) is 6. The second-order valence-electron chi connectivity index (χ2n) is 3.94. The van der Waals surface area contributed by atoms with Crippen molar-refractivity contribution in [2.75, 3.05) is 18.5 Å². The molecule has 0 bridgehead atoms. The maximum atomic E-state index is 9.26. The van der Waals surface area contributed by atoms with Crippen molar-refractivity contribution in [2.24, 2.45) is 0 Å². The molecule has 0 spiro atoms. The average Bonchev–Trinajstić information content (AvgIpc) is 2.83. The van der Waals surface area contributed by atoms with Crippen LogP contribution in [0.3, 0.4) is 0 Å². The molecule has 0 fully saturated rings. The Hall–Kier alpha value is -1.92. The minimum absolute atomic E-state index is 0.268. The fourth-order valence-electron chi connectivity index (χ4n) is 1.48. The summed E-state index contributed by atoms with van der Waals surface area (Å²) in [5.74, 6) is 1.04. The zero-order chi connectivity index (χ0) is 13.0. The van der Waals surface area contributed by atoms with E-state index in [0.717, 1.165) is 11.3 Å². The van der Waals surface area contributed by atoms with E-state index in [4.69, 9.17) is 9.63 Å². The molecule has 1 atom stereocenters. The molecule has 2 rings (SSSR count). The Morgan fingerprint density at radius 2 is 2.28 bits per heavy atom. The fraction of sp³-hybridized carbons (Fsp3) is 0.333. The number of benzene rings is 1. The molecule has 18 heavy (non-hydrogen) atoms. The highest BCUT2D eigenvalue weighted by Gasteiger charge is 2.07. The third-order valence-electron chi connectivity index (χ3n) is 2.39. The van der Waals surface area contributed by atoms with E-state index in [1.54, 1.807) is 6.92 Å². The number of hydrogen-bond donors (Lipinski definition) is 3. The van der Waals surface area contributed by atoms with E-state index in [9.17, 15) is 5.11 Å². The predicted molar refractivity (Wildman–Crippen MR) is 66.1 cm³/mol. The minimum Gasteiger partial charge on any atom is -0.394 e. The number of aryl methyl sites for hydroxylation is 1. The maximum Gasteiger partial charge on any atom is 0.257 e. The van der Waals surface area contributed by atoms with E-state index in [0.29, 0.717) is 11.7 Å². The highest BCUT2D eigenvalue weighted by atomic mass is 16.5. The van der Waals surface area contributed by atoms with Crippen LogP contribution < -0.4 is 5.32 Å². The van der Waals surface area contributed by atoms with Gasteiger partial charge in [0.1, 0.15) is 0 Å². The Morgan fingerprint density at radius 3 is 2.94 bits per heavy atom. The molecule has 0 saturated heterocycles. The van der Waals surface area contributed by atoms with E-state index < -0.39 is 6.10 Å². The van der Waals surface area contributed by atoms with Crippen LogP contribution >= 0.6 is 0 Å². The van der Waals surface area contributed by atoms with E-state index in [1.807, 2.05) is 24.3 Å². The SMILES string of the molecule is Cc1noc(-c2cccc(NCC(O)CO)c2)n1. The third-order valence-corrected chi connectivity index (χ3v) is 2.39. The predicted octanol–water partition coefficient (Wildman–Crippen LogP) is 0.810. The van der Waals surface area contributed by atoms with Gasteiger partial charge in [-0.3, -0.25) is 0 Å². The summed E-state index contributed by atoms with van der Waals surface area (Å²) in [5, 5.41) is 24.7. The Morgan fingerprint density at radius 1 is 1.44 bits per heavy atom. The highest BCUT2D eigenvalue weighted by molar-refractivity contribution is 5.61. The van der Waals surface area contributed by atoms with Crippen LogP contribution in [0.25, 0.3) is 11.5 Å². The molecule has 0 radical (unpaired) electrons. The fourth-order valence-corrected chi connectivity index (χ4v) is 1.48. The van der Waals surface area contributed by atoms with Gasteiger partial charge in [0.05, 0.1) is 12.7 Å². The zero-order valence-corrected chi connectivity index (χ0v) is 10.00. The Balaban J connectivity index is 2.10. The molecule has 6 nitrogen and oxygen atoms in total. The average molecular weight is 249 g/mol. The number of aliphatic hydroxyl groups excluding tert-OH is 2. The summed E-state index contributed by atoms with van der Waals surface area (Å²) in [6, 6.07) is 7.41. The van der Waals surface area contributed by atoms with Crippen molar-refractivity contribution in [1.82, 2.24) is 10.1 Å². The summed E-state index contributed by atoms with van der Waals surface area (Å²) in [5.41, 5.74) is 1.62. The second kappa shape index (κ2) is 5.61. The van der Waals surface area contributed by atoms with Crippen molar-refractivity contribution in [3.8, 4) is 11.5 Å². The van der Waals surface area contributed by atoms with Gasteiger partial charge >= 0.3 is 0 Å². The zero-order valence-electron chi connectivity index (χ0n) is 10.00. The standard InChI is InChI=1S/C12H15N3O3/c1-8-14-12(18-15-8)9-3-2-4-10(5-9)13-6-11(17)7-16/h2-5,11,13,16-17H,6-7H2,1H3. The Bertz CT molecular complexity index is 513. The van der Waals surface area contributed by atoms with Crippen molar-refractivity contribution in [3.63, 3.8) is 0 Å². The smallest absolute Gasteiger partial charge is 0.257 e. The number of anilines is 1. The molecule has 0 aliphatic heterocycles. The van der Waals surface area contributed by atoms with Gasteiger partial charge in [0.25, 0.3) is 5.89 Å². The molecule has 1 unspecified atom stereocenters. The molecule has 0 amide bonds. The summed E-state index contributed by atoms with van der Waals surface area (Å²) in [6.45, 7) is 1.77. The monoisotopic (exact) mass is 249 g/mol. The summed E-state index contributed by atoms with van der Waals surface area (Å²) >= 11 is 0. The number of rotatable bonds is 5. The third kappa shape index (κ3) is 3.06. The van der Waals surface area contributed by atoms with Gasteiger partial charge < -0.3 is 20.1 Å². The van der Waals surface area contributed by atoms with Crippen LogP contribution in [0.1, 0.15) is 5.82 Å². The van der Waals surface area contributed by atoms with Crippen LogP contribution in [0.2, 0.25) is 0 Å². The quantitative estimate of drug-likeness (QED) is 0.726. The molecule has 0 aliphatic carbocycles. The first-order valence-electron chi connectivity index (χ1n) is 5.62. The Kier molecular flexibility index (Phi) is 3.91. The lowest BCUT2D eigenvalue weighted by Gasteiger charge is -2.10. The molecular weight excluding hydrogens is 234 g/mol. The molecule has 1 aromatic carbocycles. The van der Waals surface area contributed by atoms with Gasteiger partial charge in [0.15, 0.2) is 5.82 Å². The van der Waals surface area contributed by atoms with Crippen molar-refractivity contribution in [1.29, 1.82) is 0 Å². The van der Waals surface area contributed by atoms with Gasteiger partial charge in [-0.25, -0.2) is 0 Å². The molecule has 96 valence electrons. The topological polar surface area (TPSA) is 91.4 Å². The molecule has 1 aromatic heterocycles. The molecule has 2 aromatic rings. The van der Waals surface area contributed by atoms with Crippen molar-refractivity contribution < 1.29 is 14.7 Å². The van der Waals surface area contributed by atoms with Crippen molar-refractivity contribution >= 4 is 5.69 Å². The first-order chi connectivity index (χ1) is 8.69. The number of nitrogens with one attached hydrogen (secondary N) is 1. The van der Waals surface area contributed by atoms with Crippen LogP contribution in [0, 0.1) is 6.92 Å². The molecule has 1 heterocycles. The van der Waals surface area contributed by atoms with Crippen molar-refractivity contribution in [3.05, 3.63) is 30.1 Å². The molecule has 0 aliphatic rings. The normalized spacial score (nSPS) is 12.4. The molecular formula is C12H15N3O3. The molecule has 3 N–H and O–H groups in total. The van der Waals surface area contributed by atoms with Crippen molar-refractivity contribution in [2.45, 2.75) is 13.0 Å².